The van der Waals surface area contributed by atoms with Crippen LogP contribution < -0.4 is 5.32 Å². The Balaban J connectivity index is 1.57. The molecule has 10 heteroatoms. The molecule has 0 radical (unpaired) electrons. The zero-order valence-electron chi connectivity index (χ0n) is 15.4. The lowest BCUT2D eigenvalue weighted by atomic mass is 10.2. The van der Waals surface area contributed by atoms with E-state index in [1.54, 1.807) is 0 Å². The fourth-order valence-electron chi connectivity index (χ4n) is 2.55. The number of sulfone groups is 1. The molecule has 0 aliphatic heterocycles. The summed E-state index contributed by atoms with van der Waals surface area (Å²) >= 11 is 9.16. The molecule has 1 heterocycles. The number of hydrogen-bond acceptors (Lipinski definition) is 6. The molecule has 1 N–H and O–H groups in total. The van der Waals surface area contributed by atoms with Crippen LogP contribution in [0, 0.1) is 6.92 Å². The summed E-state index contributed by atoms with van der Waals surface area (Å²) in [6, 6.07) is 11.4. The molecule has 3 rings (SSSR count). The van der Waals surface area contributed by atoms with Gasteiger partial charge in [-0.1, -0.05) is 32.7 Å². The Labute approximate surface area is 181 Å². The van der Waals surface area contributed by atoms with Crippen molar-refractivity contribution >= 4 is 49.0 Å². The molecule has 0 atom stereocenters. The van der Waals surface area contributed by atoms with E-state index in [9.17, 15) is 13.2 Å². The van der Waals surface area contributed by atoms with E-state index >= 15 is 0 Å². The summed E-state index contributed by atoms with van der Waals surface area (Å²) in [5, 5.41) is 6.97. The third-order valence-corrected chi connectivity index (χ3v) is 6.40. The number of aromatic nitrogens is 2. The molecule has 0 spiro atoms. The van der Waals surface area contributed by atoms with Crippen LogP contribution in [0.3, 0.4) is 0 Å². The van der Waals surface area contributed by atoms with Crippen LogP contribution in [-0.4, -0.2) is 24.5 Å². The maximum Gasteiger partial charge on any atom is 0.227 e. The molecule has 0 bridgehead atoms. The lowest BCUT2D eigenvalue weighted by Gasteiger charge is -2.08. The number of nitrogens with one attached hydrogen (secondary N) is 1. The van der Waals surface area contributed by atoms with E-state index in [2.05, 4.69) is 31.4 Å². The van der Waals surface area contributed by atoms with Gasteiger partial charge >= 0.3 is 0 Å². The van der Waals surface area contributed by atoms with Gasteiger partial charge in [-0.05, 0) is 55.0 Å². The lowest BCUT2D eigenvalue weighted by Crippen LogP contribution is -2.13. The molecular formula is C19H17BrClN3O4S. The van der Waals surface area contributed by atoms with Crippen molar-refractivity contribution in [3.8, 4) is 0 Å². The van der Waals surface area contributed by atoms with Crippen LogP contribution in [0.1, 0.15) is 23.7 Å². The van der Waals surface area contributed by atoms with Crippen molar-refractivity contribution in [2.45, 2.75) is 30.4 Å². The van der Waals surface area contributed by atoms with Gasteiger partial charge in [-0.2, -0.15) is 4.98 Å². The largest absolute Gasteiger partial charge is 0.339 e. The summed E-state index contributed by atoms with van der Waals surface area (Å²) in [5.41, 5.74) is 1.65. The van der Waals surface area contributed by atoms with Gasteiger partial charge < -0.3 is 9.84 Å². The van der Waals surface area contributed by atoms with Crippen LogP contribution in [0.4, 0.5) is 5.69 Å². The van der Waals surface area contributed by atoms with E-state index in [4.69, 9.17) is 16.1 Å². The highest BCUT2D eigenvalue weighted by molar-refractivity contribution is 9.10. The minimum absolute atomic E-state index is 0.0408. The summed E-state index contributed by atoms with van der Waals surface area (Å²) in [7, 11) is -3.62. The number of benzene rings is 2. The number of nitrogens with zero attached hydrogens (tertiary/aromatic N) is 2. The maximum absolute atomic E-state index is 12.4. The van der Waals surface area contributed by atoms with E-state index in [0.29, 0.717) is 5.02 Å². The second-order valence-corrected chi connectivity index (χ2v) is 9.67. The first-order chi connectivity index (χ1) is 13.7. The highest BCUT2D eigenvalue weighted by Gasteiger charge is 2.19. The molecule has 1 aromatic heterocycles. The monoisotopic (exact) mass is 497 g/mol. The third-order valence-electron chi connectivity index (χ3n) is 4.03. The number of carbonyl (C=O) groups excluding carboxylic acids is 1. The molecule has 1 amide bonds. The quantitative estimate of drug-likeness (QED) is 0.520. The molecular weight excluding hydrogens is 482 g/mol. The topological polar surface area (TPSA) is 102 Å². The highest BCUT2D eigenvalue weighted by Crippen LogP contribution is 2.21. The number of aryl methyl sites for hydroxylation is 2. The van der Waals surface area contributed by atoms with Gasteiger partial charge in [-0.3, -0.25) is 4.79 Å². The number of hydrogen-bond donors (Lipinski definition) is 1. The SMILES string of the molecule is Cc1cc(Br)ccc1NC(=O)CCc1nc(CS(=O)(=O)c2ccc(Cl)cc2)no1. The number of anilines is 1. The van der Waals surface area contributed by atoms with E-state index < -0.39 is 15.6 Å². The smallest absolute Gasteiger partial charge is 0.227 e. The molecule has 7 nitrogen and oxygen atoms in total. The van der Waals surface area contributed by atoms with Gasteiger partial charge in [0, 0.05) is 28.0 Å². The summed E-state index contributed by atoms with van der Waals surface area (Å²) in [6.45, 7) is 1.89. The first kappa shape index (κ1) is 21.5. The molecule has 0 unspecified atom stereocenters. The Morgan fingerprint density at radius 2 is 1.93 bits per heavy atom. The van der Waals surface area contributed by atoms with Crippen molar-refractivity contribution < 1.29 is 17.7 Å². The van der Waals surface area contributed by atoms with Crippen LogP contribution in [0.25, 0.3) is 0 Å². The number of carbonyl (C=O) groups is 1. The molecule has 152 valence electrons. The Bertz CT molecular complexity index is 1130. The van der Waals surface area contributed by atoms with E-state index in [-0.39, 0.29) is 35.4 Å². The zero-order valence-corrected chi connectivity index (χ0v) is 18.5. The standard InChI is InChI=1S/C19H17BrClN3O4S/c1-12-10-13(20)2-7-16(12)22-18(25)8-9-19-23-17(24-28-19)11-29(26,27)15-5-3-14(21)4-6-15/h2-7,10H,8-9,11H2,1H3,(H,22,25). The van der Waals surface area contributed by atoms with E-state index in [1.807, 2.05) is 25.1 Å². The molecule has 0 fully saturated rings. The molecule has 0 saturated carbocycles. The lowest BCUT2D eigenvalue weighted by molar-refractivity contribution is -0.116. The number of halogens is 2. The van der Waals surface area contributed by atoms with Crippen LogP contribution in [0.2, 0.25) is 5.02 Å². The number of rotatable bonds is 7. The van der Waals surface area contributed by atoms with Crippen LogP contribution >= 0.6 is 27.5 Å². The predicted octanol–water partition coefficient (Wildman–Crippen LogP) is 4.34. The predicted molar refractivity (Wildman–Crippen MR) is 112 cm³/mol. The van der Waals surface area contributed by atoms with Gasteiger partial charge in [-0.25, -0.2) is 8.42 Å². The van der Waals surface area contributed by atoms with Crippen molar-refractivity contribution in [2.75, 3.05) is 5.32 Å². The minimum atomic E-state index is -3.62. The van der Waals surface area contributed by atoms with E-state index in [0.717, 1.165) is 15.7 Å². The van der Waals surface area contributed by atoms with Crippen LogP contribution in [0.15, 0.2) is 56.4 Å². The van der Waals surface area contributed by atoms with Crippen molar-refractivity contribution in [3.63, 3.8) is 0 Å². The molecule has 3 aromatic rings. The molecule has 0 saturated heterocycles. The summed E-state index contributed by atoms with van der Waals surface area (Å²) in [5.74, 6) is -0.361. The average molecular weight is 499 g/mol. The first-order valence-electron chi connectivity index (χ1n) is 8.59. The highest BCUT2D eigenvalue weighted by atomic mass is 79.9. The normalized spacial score (nSPS) is 11.4. The summed E-state index contributed by atoms with van der Waals surface area (Å²) in [4.78, 5) is 16.4. The summed E-state index contributed by atoms with van der Waals surface area (Å²) < 4.78 is 30.8. The van der Waals surface area contributed by atoms with Crippen molar-refractivity contribution in [2.24, 2.45) is 0 Å². The van der Waals surface area contributed by atoms with Gasteiger partial charge in [0.2, 0.25) is 11.8 Å². The van der Waals surface area contributed by atoms with Crippen LogP contribution in [-0.2, 0) is 26.8 Å². The van der Waals surface area contributed by atoms with Gasteiger partial charge in [-0.15, -0.1) is 0 Å². The minimum Gasteiger partial charge on any atom is -0.339 e. The van der Waals surface area contributed by atoms with Crippen molar-refractivity contribution in [1.82, 2.24) is 10.1 Å². The van der Waals surface area contributed by atoms with Gasteiger partial charge in [0.05, 0.1) is 4.90 Å². The summed E-state index contributed by atoms with van der Waals surface area (Å²) in [6.07, 6.45) is 0.330. The fraction of sp³-hybridized carbons (Fsp3) is 0.211. The van der Waals surface area contributed by atoms with Crippen molar-refractivity contribution in [1.29, 1.82) is 0 Å². The van der Waals surface area contributed by atoms with E-state index in [1.165, 1.54) is 24.3 Å². The molecule has 2 aromatic carbocycles. The Morgan fingerprint density at radius 1 is 1.21 bits per heavy atom. The van der Waals surface area contributed by atoms with Gasteiger partial charge in [0.15, 0.2) is 15.7 Å². The second-order valence-electron chi connectivity index (χ2n) is 6.32. The fourth-order valence-corrected chi connectivity index (χ4v) is 4.32. The first-order valence-corrected chi connectivity index (χ1v) is 11.4. The molecule has 29 heavy (non-hydrogen) atoms. The zero-order chi connectivity index (χ0) is 21.0. The Hall–Kier alpha value is -2.23. The van der Waals surface area contributed by atoms with Gasteiger partial charge in [0.1, 0.15) is 5.75 Å². The molecule has 0 aliphatic rings. The van der Waals surface area contributed by atoms with Crippen molar-refractivity contribution in [3.05, 3.63) is 69.2 Å². The Kier molecular flexibility index (Phi) is 6.71. The maximum atomic E-state index is 12.4. The third kappa shape index (κ3) is 5.88. The second kappa shape index (κ2) is 9.06. The average Bonchev–Trinajstić information content (AvgIpc) is 3.09. The Morgan fingerprint density at radius 3 is 2.62 bits per heavy atom. The van der Waals surface area contributed by atoms with Gasteiger partial charge in [0.25, 0.3) is 0 Å². The van der Waals surface area contributed by atoms with Crippen LogP contribution in [0.5, 0.6) is 0 Å². The molecule has 0 aliphatic carbocycles. The number of amides is 1.